The Bertz CT molecular complexity index is 829. The molecule has 1 atom stereocenters. The molecule has 160 valence electrons. The fraction of sp³-hybridized carbons (Fsp3) is 0.417. The number of nitrogens with one attached hydrogen (secondary N) is 1. The Labute approximate surface area is 184 Å². The molecule has 2 aromatic carbocycles. The van der Waals surface area contributed by atoms with Crippen LogP contribution < -0.4 is 5.32 Å². The van der Waals surface area contributed by atoms with Crippen molar-refractivity contribution < 1.29 is 9.59 Å². The highest BCUT2D eigenvalue weighted by Crippen LogP contribution is 2.26. The first-order valence-corrected chi connectivity index (χ1v) is 11.1. The number of amides is 3. The van der Waals surface area contributed by atoms with Gasteiger partial charge < -0.3 is 15.1 Å². The number of likely N-dealkylation sites (tertiary alicyclic amines) is 1. The van der Waals surface area contributed by atoms with Crippen LogP contribution in [0.15, 0.2) is 54.6 Å². The lowest BCUT2D eigenvalue weighted by Gasteiger charge is -2.35. The summed E-state index contributed by atoms with van der Waals surface area (Å²) in [5.41, 5.74) is 2.02. The number of nitrogens with zero attached hydrogens (tertiary/aromatic N) is 2. The van der Waals surface area contributed by atoms with Crippen molar-refractivity contribution in [2.45, 2.75) is 32.7 Å². The van der Waals surface area contributed by atoms with Crippen LogP contribution in [0.3, 0.4) is 0 Å². The third kappa shape index (κ3) is 5.33. The molecule has 0 saturated carbocycles. The van der Waals surface area contributed by atoms with Gasteiger partial charge >= 0.3 is 6.03 Å². The van der Waals surface area contributed by atoms with E-state index in [-0.39, 0.29) is 23.9 Å². The molecule has 1 aliphatic heterocycles. The van der Waals surface area contributed by atoms with Crippen molar-refractivity contribution in [2.24, 2.45) is 5.92 Å². The third-order valence-electron chi connectivity index (χ3n) is 5.79. The number of piperidine rings is 1. The molecule has 1 aliphatic rings. The van der Waals surface area contributed by atoms with Gasteiger partial charge in [-0.3, -0.25) is 4.79 Å². The lowest BCUT2D eigenvalue weighted by atomic mass is 9.93. The van der Waals surface area contributed by atoms with Crippen molar-refractivity contribution in [3.8, 4) is 0 Å². The molecular formula is C24H30ClN3O2. The van der Waals surface area contributed by atoms with Gasteiger partial charge in [0, 0.05) is 37.1 Å². The van der Waals surface area contributed by atoms with Crippen LogP contribution >= 0.6 is 11.6 Å². The number of carbonyl (C=O) groups is 2. The first-order valence-electron chi connectivity index (χ1n) is 10.7. The first-order chi connectivity index (χ1) is 14.5. The number of halogens is 1. The summed E-state index contributed by atoms with van der Waals surface area (Å²) >= 11 is 6.05. The van der Waals surface area contributed by atoms with Crippen molar-refractivity contribution in [1.29, 1.82) is 0 Å². The van der Waals surface area contributed by atoms with Gasteiger partial charge in [0.1, 0.15) is 0 Å². The van der Waals surface area contributed by atoms with Gasteiger partial charge in [-0.2, -0.15) is 0 Å². The zero-order valence-corrected chi connectivity index (χ0v) is 18.4. The lowest BCUT2D eigenvalue weighted by molar-refractivity contribution is -0.126. The summed E-state index contributed by atoms with van der Waals surface area (Å²) in [5, 5.41) is 3.90. The van der Waals surface area contributed by atoms with Crippen LogP contribution in [-0.2, 0) is 4.79 Å². The molecule has 1 unspecified atom stereocenters. The average Bonchev–Trinajstić information content (AvgIpc) is 2.79. The van der Waals surface area contributed by atoms with Crippen LogP contribution in [0.25, 0.3) is 0 Å². The zero-order valence-electron chi connectivity index (χ0n) is 17.7. The van der Waals surface area contributed by atoms with Gasteiger partial charge in [0.2, 0.25) is 5.91 Å². The maximum absolute atomic E-state index is 13.1. The molecule has 1 fully saturated rings. The Morgan fingerprint density at radius 3 is 2.13 bits per heavy atom. The molecule has 1 N–H and O–H groups in total. The zero-order chi connectivity index (χ0) is 21.5. The van der Waals surface area contributed by atoms with E-state index in [4.69, 9.17) is 11.6 Å². The van der Waals surface area contributed by atoms with Crippen molar-refractivity contribution in [1.82, 2.24) is 15.1 Å². The Kier molecular flexibility index (Phi) is 7.75. The van der Waals surface area contributed by atoms with Crippen LogP contribution in [0.2, 0.25) is 5.02 Å². The number of carbonyl (C=O) groups excluding carboxylic acids is 2. The normalized spacial score (nSPS) is 15.5. The van der Waals surface area contributed by atoms with Crippen molar-refractivity contribution in [2.75, 3.05) is 26.2 Å². The second kappa shape index (κ2) is 10.5. The highest BCUT2D eigenvalue weighted by molar-refractivity contribution is 6.30. The first kappa shape index (κ1) is 22.2. The van der Waals surface area contributed by atoms with Crippen LogP contribution in [0.4, 0.5) is 4.79 Å². The van der Waals surface area contributed by atoms with E-state index in [0.29, 0.717) is 44.0 Å². The summed E-state index contributed by atoms with van der Waals surface area (Å²) in [5.74, 6) is -0.0574. The van der Waals surface area contributed by atoms with E-state index < -0.39 is 0 Å². The number of hydrogen-bond acceptors (Lipinski definition) is 2. The topological polar surface area (TPSA) is 52.7 Å². The second-order valence-corrected chi connectivity index (χ2v) is 8.06. The van der Waals surface area contributed by atoms with Gasteiger partial charge in [-0.15, -0.1) is 0 Å². The molecule has 3 amide bonds. The minimum absolute atomic E-state index is 0.0359. The Balaban J connectivity index is 1.67. The molecule has 1 saturated heterocycles. The summed E-state index contributed by atoms with van der Waals surface area (Å²) in [6, 6.07) is 17.4. The van der Waals surface area contributed by atoms with Gasteiger partial charge in [0.25, 0.3) is 0 Å². The molecule has 5 nitrogen and oxygen atoms in total. The summed E-state index contributed by atoms with van der Waals surface area (Å²) in [7, 11) is 0. The van der Waals surface area contributed by atoms with E-state index in [2.05, 4.69) is 5.32 Å². The van der Waals surface area contributed by atoms with Crippen molar-refractivity contribution in [3.05, 3.63) is 70.7 Å². The molecule has 30 heavy (non-hydrogen) atoms. The smallest absolute Gasteiger partial charge is 0.319 e. The van der Waals surface area contributed by atoms with Crippen LogP contribution in [-0.4, -0.2) is 47.9 Å². The minimum atomic E-state index is -0.230. The number of rotatable bonds is 6. The van der Waals surface area contributed by atoms with Crippen molar-refractivity contribution in [3.63, 3.8) is 0 Å². The van der Waals surface area contributed by atoms with Gasteiger partial charge in [-0.05, 0) is 49.9 Å². The molecule has 3 rings (SSSR count). The van der Waals surface area contributed by atoms with E-state index in [0.717, 1.165) is 11.1 Å². The summed E-state index contributed by atoms with van der Waals surface area (Å²) in [6.45, 7) is 6.62. The van der Waals surface area contributed by atoms with Crippen molar-refractivity contribution >= 4 is 23.5 Å². The minimum Gasteiger partial charge on any atom is -0.345 e. The molecular weight excluding hydrogens is 398 g/mol. The standard InChI is InChI=1S/C24H30ClN3O2/c1-3-27(4-2)24(30)28-16-14-20(15-17-28)23(29)26-22(18-8-6-5-7-9-18)19-10-12-21(25)13-11-19/h5-13,20,22H,3-4,14-17H2,1-2H3,(H,26,29). The highest BCUT2D eigenvalue weighted by Gasteiger charge is 2.30. The van der Waals surface area contributed by atoms with Crippen LogP contribution in [0.1, 0.15) is 43.9 Å². The largest absolute Gasteiger partial charge is 0.345 e. The SMILES string of the molecule is CCN(CC)C(=O)N1CCC(C(=O)NC(c2ccccc2)c2ccc(Cl)cc2)CC1. The molecule has 0 aliphatic carbocycles. The molecule has 0 aromatic heterocycles. The quantitative estimate of drug-likeness (QED) is 0.725. The Morgan fingerprint density at radius 1 is 1.00 bits per heavy atom. The Morgan fingerprint density at radius 2 is 1.57 bits per heavy atom. The predicted octanol–water partition coefficient (Wildman–Crippen LogP) is 4.72. The van der Waals surface area contributed by atoms with Gasteiger partial charge in [0.15, 0.2) is 0 Å². The maximum Gasteiger partial charge on any atom is 0.319 e. The molecule has 1 heterocycles. The fourth-order valence-corrected chi connectivity index (χ4v) is 4.07. The number of benzene rings is 2. The van der Waals surface area contributed by atoms with Gasteiger partial charge in [-0.25, -0.2) is 4.79 Å². The summed E-state index contributed by atoms with van der Waals surface area (Å²) in [6.07, 6.45) is 1.36. The highest BCUT2D eigenvalue weighted by atomic mass is 35.5. The molecule has 0 bridgehead atoms. The average molecular weight is 428 g/mol. The molecule has 6 heteroatoms. The third-order valence-corrected chi connectivity index (χ3v) is 6.05. The molecule has 0 spiro atoms. The lowest BCUT2D eigenvalue weighted by Crippen LogP contribution is -2.48. The van der Waals surface area contributed by atoms with E-state index >= 15 is 0 Å². The van der Waals surface area contributed by atoms with E-state index in [1.165, 1.54) is 0 Å². The number of hydrogen-bond donors (Lipinski definition) is 1. The summed E-state index contributed by atoms with van der Waals surface area (Å²) in [4.78, 5) is 29.3. The monoisotopic (exact) mass is 427 g/mol. The Hall–Kier alpha value is -2.53. The maximum atomic E-state index is 13.1. The van der Waals surface area contributed by atoms with E-state index in [1.54, 1.807) is 0 Å². The molecule has 0 radical (unpaired) electrons. The number of urea groups is 1. The van der Waals surface area contributed by atoms with Crippen LogP contribution in [0, 0.1) is 5.92 Å². The van der Waals surface area contributed by atoms with Crippen LogP contribution in [0.5, 0.6) is 0 Å². The van der Waals surface area contributed by atoms with E-state index in [9.17, 15) is 9.59 Å². The molecule has 2 aromatic rings. The second-order valence-electron chi connectivity index (χ2n) is 7.62. The van der Waals surface area contributed by atoms with Gasteiger partial charge in [0.05, 0.1) is 6.04 Å². The summed E-state index contributed by atoms with van der Waals surface area (Å²) < 4.78 is 0. The predicted molar refractivity (Wildman–Crippen MR) is 120 cm³/mol. The van der Waals surface area contributed by atoms with E-state index in [1.807, 2.05) is 78.2 Å². The van der Waals surface area contributed by atoms with Gasteiger partial charge in [-0.1, -0.05) is 54.1 Å². The fourth-order valence-electron chi connectivity index (χ4n) is 3.95.